The smallest absolute Gasteiger partial charge is 0.269 e. The Bertz CT molecular complexity index is 889. The summed E-state index contributed by atoms with van der Waals surface area (Å²) in [5, 5.41) is 8.05. The lowest BCUT2D eigenvalue weighted by molar-refractivity contribution is -0.117. The fourth-order valence-corrected chi connectivity index (χ4v) is 2.96. The van der Waals surface area contributed by atoms with E-state index in [1.54, 1.807) is 29.6 Å². The molecule has 1 atom stereocenters. The highest BCUT2D eigenvalue weighted by Gasteiger charge is 2.18. The first-order valence-corrected chi connectivity index (χ1v) is 8.82. The van der Waals surface area contributed by atoms with Crippen LogP contribution in [0.15, 0.2) is 46.8 Å². The highest BCUT2D eigenvalue weighted by atomic mass is 35.5. The number of aliphatic imine (C=N–C) groups is 1. The number of halogens is 1. The Morgan fingerprint density at radius 3 is 2.65 bits per heavy atom. The van der Waals surface area contributed by atoms with E-state index in [1.807, 2.05) is 0 Å². The normalized spacial score (nSPS) is 15.7. The molecule has 1 aromatic carbocycles. The molecule has 3 amide bonds. The number of nitrogens with one attached hydrogen (secondary N) is 2. The fourth-order valence-electron chi connectivity index (χ4n) is 2.12. The molecule has 0 radical (unpaired) electrons. The van der Waals surface area contributed by atoms with E-state index in [2.05, 4.69) is 20.6 Å². The monoisotopic (exact) mass is 388 g/mol. The Hall–Kier alpha value is -2.84. The van der Waals surface area contributed by atoms with Crippen LogP contribution in [0, 0.1) is 5.92 Å². The van der Waals surface area contributed by atoms with Crippen LogP contribution in [0.1, 0.15) is 5.69 Å². The topological polar surface area (TPSA) is 101 Å². The SMILES string of the molecule is O=C1C=CC(C(=O)Nc2nc(CC(=O)Nc3ccc(Cl)cc3)cs2)C=N1. The van der Waals surface area contributed by atoms with Gasteiger partial charge in [0.25, 0.3) is 5.91 Å². The van der Waals surface area contributed by atoms with E-state index >= 15 is 0 Å². The molecular weight excluding hydrogens is 376 g/mol. The number of thiazole rings is 1. The summed E-state index contributed by atoms with van der Waals surface area (Å²) in [4.78, 5) is 42.9. The predicted octanol–water partition coefficient (Wildman–Crippen LogP) is 2.70. The second kappa shape index (κ2) is 8.03. The lowest BCUT2D eigenvalue weighted by atomic mass is 10.1. The molecule has 1 aliphatic heterocycles. The number of carbonyl (C=O) groups is 3. The van der Waals surface area contributed by atoms with Gasteiger partial charge in [0.15, 0.2) is 5.13 Å². The fraction of sp³-hybridized carbons (Fsp3) is 0.118. The third-order valence-corrected chi connectivity index (χ3v) is 4.42. The lowest BCUT2D eigenvalue weighted by Crippen LogP contribution is -2.24. The molecule has 2 heterocycles. The highest BCUT2D eigenvalue weighted by Crippen LogP contribution is 2.18. The van der Waals surface area contributed by atoms with Gasteiger partial charge in [0.1, 0.15) is 0 Å². The standard InChI is InChI=1S/C17H13ClN4O3S/c18-11-2-4-12(5-3-11)20-15(24)7-13-9-26-17(21-13)22-16(25)10-1-6-14(23)19-8-10/h1-6,8-10H,7H2,(H,20,24)(H,21,22,25). The molecular formula is C17H13ClN4O3S. The van der Waals surface area contributed by atoms with E-state index < -0.39 is 11.8 Å². The van der Waals surface area contributed by atoms with E-state index in [4.69, 9.17) is 11.6 Å². The molecule has 7 nitrogen and oxygen atoms in total. The van der Waals surface area contributed by atoms with Crippen molar-refractivity contribution >= 4 is 57.7 Å². The third-order valence-electron chi connectivity index (χ3n) is 3.36. The van der Waals surface area contributed by atoms with Gasteiger partial charge in [0.05, 0.1) is 18.0 Å². The van der Waals surface area contributed by atoms with E-state index in [1.165, 1.54) is 29.7 Å². The van der Waals surface area contributed by atoms with Crippen molar-refractivity contribution in [3.8, 4) is 0 Å². The zero-order valence-electron chi connectivity index (χ0n) is 13.3. The maximum Gasteiger partial charge on any atom is 0.269 e. The number of dihydropyridines is 1. The molecule has 2 N–H and O–H groups in total. The van der Waals surface area contributed by atoms with Crippen molar-refractivity contribution in [2.24, 2.45) is 10.9 Å². The van der Waals surface area contributed by atoms with Gasteiger partial charge in [-0.2, -0.15) is 0 Å². The summed E-state index contributed by atoms with van der Waals surface area (Å²) in [6.45, 7) is 0. The lowest BCUT2D eigenvalue weighted by Gasteiger charge is -2.08. The predicted molar refractivity (Wildman–Crippen MR) is 101 cm³/mol. The number of benzene rings is 1. The van der Waals surface area contributed by atoms with Crippen LogP contribution in [0.4, 0.5) is 10.8 Å². The summed E-state index contributed by atoms with van der Waals surface area (Å²) in [6.07, 6.45) is 4.08. The number of rotatable bonds is 5. The van der Waals surface area contributed by atoms with E-state index in [-0.39, 0.29) is 18.2 Å². The number of anilines is 2. The summed E-state index contributed by atoms with van der Waals surface area (Å²) in [5.74, 6) is -1.58. The Morgan fingerprint density at radius 1 is 1.19 bits per heavy atom. The minimum atomic E-state index is -0.617. The first-order valence-electron chi connectivity index (χ1n) is 7.56. The maximum absolute atomic E-state index is 12.1. The minimum Gasteiger partial charge on any atom is -0.326 e. The third kappa shape index (κ3) is 4.84. The van der Waals surface area contributed by atoms with Crippen molar-refractivity contribution in [1.29, 1.82) is 0 Å². The zero-order chi connectivity index (χ0) is 18.5. The van der Waals surface area contributed by atoms with Crippen LogP contribution < -0.4 is 10.6 Å². The van der Waals surface area contributed by atoms with Gasteiger partial charge < -0.3 is 10.6 Å². The van der Waals surface area contributed by atoms with Crippen LogP contribution in [0.2, 0.25) is 5.02 Å². The molecule has 1 aliphatic rings. The van der Waals surface area contributed by atoms with Crippen LogP contribution in [0.25, 0.3) is 0 Å². The molecule has 132 valence electrons. The first-order chi connectivity index (χ1) is 12.5. The highest BCUT2D eigenvalue weighted by molar-refractivity contribution is 7.14. The second-order valence-electron chi connectivity index (χ2n) is 5.37. The quantitative estimate of drug-likeness (QED) is 0.822. The summed E-state index contributed by atoms with van der Waals surface area (Å²) >= 11 is 7.02. The van der Waals surface area contributed by atoms with Crippen molar-refractivity contribution < 1.29 is 14.4 Å². The van der Waals surface area contributed by atoms with Crippen LogP contribution in [-0.4, -0.2) is 28.9 Å². The van der Waals surface area contributed by atoms with Crippen LogP contribution >= 0.6 is 22.9 Å². The molecule has 3 rings (SSSR count). The summed E-state index contributed by atoms with van der Waals surface area (Å²) in [5.41, 5.74) is 1.18. The molecule has 0 saturated heterocycles. The molecule has 0 bridgehead atoms. The molecule has 0 fully saturated rings. The van der Waals surface area contributed by atoms with Gasteiger partial charge in [-0.1, -0.05) is 17.7 Å². The van der Waals surface area contributed by atoms with Gasteiger partial charge in [-0.3, -0.25) is 14.4 Å². The summed E-state index contributed by atoms with van der Waals surface area (Å²) < 4.78 is 0. The summed E-state index contributed by atoms with van der Waals surface area (Å²) in [7, 11) is 0. The molecule has 0 saturated carbocycles. The molecule has 0 aliphatic carbocycles. The van der Waals surface area contributed by atoms with E-state index in [0.29, 0.717) is 21.5 Å². The zero-order valence-corrected chi connectivity index (χ0v) is 14.9. The molecule has 1 aromatic heterocycles. The number of carbonyl (C=O) groups excluding carboxylic acids is 3. The van der Waals surface area contributed by atoms with E-state index in [9.17, 15) is 14.4 Å². The molecule has 1 unspecified atom stereocenters. The van der Waals surface area contributed by atoms with E-state index in [0.717, 1.165) is 0 Å². The largest absolute Gasteiger partial charge is 0.326 e. The molecule has 26 heavy (non-hydrogen) atoms. The molecule has 2 aromatic rings. The Balaban J connectivity index is 1.54. The second-order valence-corrected chi connectivity index (χ2v) is 6.66. The van der Waals surface area contributed by atoms with Gasteiger partial charge in [-0.25, -0.2) is 9.98 Å². The number of aromatic nitrogens is 1. The average Bonchev–Trinajstić information content (AvgIpc) is 3.04. The Morgan fingerprint density at radius 2 is 1.96 bits per heavy atom. The summed E-state index contributed by atoms with van der Waals surface area (Å²) in [6, 6.07) is 6.78. The van der Waals surface area contributed by atoms with Crippen molar-refractivity contribution in [3.05, 3.63) is 52.5 Å². The number of nitrogens with zero attached hydrogens (tertiary/aromatic N) is 2. The van der Waals surface area contributed by atoms with Gasteiger partial charge in [0.2, 0.25) is 11.8 Å². The number of hydrogen-bond acceptors (Lipinski definition) is 5. The van der Waals surface area contributed by atoms with Gasteiger partial charge in [0, 0.05) is 28.4 Å². The molecule has 0 spiro atoms. The van der Waals surface area contributed by atoms with Crippen molar-refractivity contribution in [2.45, 2.75) is 6.42 Å². The van der Waals surface area contributed by atoms with Crippen LogP contribution in [-0.2, 0) is 20.8 Å². The minimum absolute atomic E-state index is 0.0777. The average molecular weight is 389 g/mol. The number of hydrogen-bond donors (Lipinski definition) is 2. The van der Waals surface area contributed by atoms with Crippen molar-refractivity contribution in [2.75, 3.05) is 10.6 Å². The molecule has 9 heteroatoms. The first kappa shape index (κ1) is 18.0. The van der Waals surface area contributed by atoms with Crippen LogP contribution in [0.3, 0.4) is 0 Å². The van der Waals surface area contributed by atoms with Gasteiger partial charge in [-0.15, -0.1) is 11.3 Å². The number of amides is 3. The van der Waals surface area contributed by atoms with Gasteiger partial charge in [-0.05, 0) is 24.3 Å². The van der Waals surface area contributed by atoms with Crippen molar-refractivity contribution in [3.63, 3.8) is 0 Å². The van der Waals surface area contributed by atoms with Crippen LogP contribution in [0.5, 0.6) is 0 Å². The van der Waals surface area contributed by atoms with Gasteiger partial charge >= 0.3 is 0 Å². The Labute approximate surface area is 157 Å². The Kier molecular flexibility index (Phi) is 5.55. The van der Waals surface area contributed by atoms with Crippen molar-refractivity contribution in [1.82, 2.24) is 4.98 Å². The maximum atomic E-state index is 12.1.